The number of anilines is 2. The lowest BCUT2D eigenvalue weighted by Gasteiger charge is -2.24. The summed E-state index contributed by atoms with van der Waals surface area (Å²) in [6.45, 7) is 0.313. The molecule has 4 rings (SSSR count). The Morgan fingerprint density at radius 1 is 0.706 bits per heavy atom. The molecule has 0 heterocycles. The number of carbonyl (C=O) groups is 2. The molecule has 0 aliphatic rings. The third-order valence-corrected chi connectivity index (χ3v) is 5.23. The molecule has 0 saturated heterocycles. The lowest BCUT2D eigenvalue weighted by molar-refractivity contribution is -0.120. The summed E-state index contributed by atoms with van der Waals surface area (Å²) in [6.07, 6.45) is 0.205. The van der Waals surface area contributed by atoms with Crippen molar-refractivity contribution in [1.29, 1.82) is 0 Å². The SMILES string of the molecule is O=C(Cc1cccc(N(Cc2ccccc2)C(=O)COc2ccccc2)c1)Nc1ccccc1. The molecule has 5 nitrogen and oxygen atoms in total. The van der Waals surface area contributed by atoms with Crippen molar-refractivity contribution in [2.75, 3.05) is 16.8 Å². The number of nitrogens with one attached hydrogen (secondary N) is 1. The smallest absolute Gasteiger partial charge is 0.265 e. The molecule has 1 N–H and O–H groups in total. The monoisotopic (exact) mass is 450 g/mol. The summed E-state index contributed by atoms with van der Waals surface area (Å²) in [5.74, 6) is 0.358. The number of para-hydroxylation sites is 2. The Morgan fingerprint density at radius 3 is 2.03 bits per heavy atom. The van der Waals surface area contributed by atoms with Crippen LogP contribution in [0.25, 0.3) is 0 Å². The minimum Gasteiger partial charge on any atom is -0.484 e. The van der Waals surface area contributed by atoms with Crippen LogP contribution in [0.15, 0.2) is 115 Å². The van der Waals surface area contributed by atoms with Gasteiger partial charge in [0.05, 0.1) is 13.0 Å². The van der Waals surface area contributed by atoms with Crippen molar-refractivity contribution in [2.24, 2.45) is 0 Å². The Labute approximate surface area is 199 Å². The molecule has 0 aliphatic heterocycles. The van der Waals surface area contributed by atoms with Crippen LogP contribution in [0.5, 0.6) is 5.75 Å². The van der Waals surface area contributed by atoms with Crippen molar-refractivity contribution in [1.82, 2.24) is 0 Å². The highest BCUT2D eigenvalue weighted by molar-refractivity contribution is 5.95. The van der Waals surface area contributed by atoms with Gasteiger partial charge < -0.3 is 15.0 Å². The molecule has 0 spiro atoms. The maximum Gasteiger partial charge on any atom is 0.265 e. The molecule has 0 fully saturated rings. The second-order valence-corrected chi connectivity index (χ2v) is 7.83. The molecule has 2 amide bonds. The van der Waals surface area contributed by atoms with E-state index in [9.17, 15) is 9.59 Å². The summed E-state index contributed by atoms with van der Waals surface area (Å²) in [5, 5.41) is 2.90. The normalized spacial score (nSPS) is 10.4. The van der Waals surface area contributed by atoms with Crippen LogP contribution in [0.4, 0.5) is 11.4 Å². The van der Waals surface area contributed by atoms with Gasteiger partial charge in [-0.2, -0.15) is 0 Å². The van der Waals surface area contributed by atoms with Crippen molar-refractivity contribution in [2.45, 2.75) is 13.0 Å². The average Bonchev–Trinajstić information content (AvgIpc) is 2.88. The molecule has 0 saturated carbocycles. The van der Waals surface area contributed by atoms with E-state index in [1.54, 1.807) is 4.90 Å². The Balaban J connectivity index is 1.50. The van der Waals surface area contributed by atoms with E-state index >= 15 is 0 Å². The molecule has 0 aliphatic carbocycles. The molecular formula is C29H26N2O3. The quantitative estimate of drug-likeness (QED) is 0.367. The van der Waals surface area contributed by atoms with Gasteiger partial charge in [0.2, 0.25) is 5.91 Å². The van der Waals surface area contributed by atoms with E-state index in [2.05, 4.69) is 5.32 Å². The fourth-order valence-corrected chi connectivity index (χ4v) is 3.58. The van der Waals surface area contributed by atoms with Crippen LogP contribution in [-0.2, 0) is 22.6 Å². The lowest BCUT2D eigenvalue weighted by atomic mass is 10.1. The number of hydrogen-bond donors (Lipinski definition) is 1. The second-order valence-electron chi connectivity index (χ2n) is 7.83. The predicted molar refractivity (Wildman–Crippen MR) is 135 cm³/mol. The minimum atomic E-state index is -0.168. The van der Waals surface area contributed by atoms with Crippen LogP contribution in [0, 0.1) is 0 Å². The Kier molecular flexibility index (Phi) is 7.70. The third-order valence-electron chi connectivity index (χ3n) is 5.23. The molecule has 0 atom stereocenters. The Bertz CT molecular complexity index is 1210. The average molecular weight is 451 g/mol. The Morgan fingerprint density at radius 2 is 1.32 bits per heavy atom. The first kappa shape index (κ1) is 22.8. The number of benzene rings is 4. The number of rotatable bonds is 9. The first-order valence-corrected chi connectivity index (χ1v) is 11.1. The van der Waals surface area contributed by atoms with Crippen LogP contribution < -0.4 is 15.0 Å². The highest BCUT2D eigenvalue weighted by atomic mass is 16.5. The molecule has 0 bridgehead atoms. The van der Waals surface area contributed by atoms with E-state index in [0.29, 0.717) is 12.3 Å². The zero-order valence-corrected chi connectivity index (χ0v) is 18.8. The maximum atomic E-state index is 13.2. The molecule has 0 aromatic heterocycles. The van der Waals surface area contributed by atoms with E-state index in [1.807, 2.05) is 115 Å². The van der Waals surface area contributed by atoms with Crippen LogP contribution in [-0.4, -0.2) is 18.4 Å². The van der Waals surface area contributed by atoms with E-state index < -0.39 is 0 Å². The fourth-order valence-electron chi connectivity index (χ4n) is 3.58. The molecule has 4 aromatic rings. The number of amides is 2. The molecule has 4 aromatic carbocycles. The van der Waals surface area contributed by atoms with Crippen molar-refractivity contribution < 1.29 is 14.3 Å². The van der Waals surface area contributed by atoms with E-state index in [1.165, 1.54) is 0 Å². The lowest BCUT2D eigenvalue weighted by Crippen LogP contribution is -2.34. The van der Waals surface area contributed by atoms with Crippen molar-refractivity contribution >= 4 is 23.2 Å². The molecule has 5 heteroatoms. The largest absolute Gasteiger partial charge is 0.484 e. The number of ether oxygens (including phenoxy) is 1. The first-order valence-electron chi connectivity index (χ1n) is 11.1. The van der Waals surface area contributed by atoms with Gasteiger partial charge in [0.15, 0.2) is 6.61 Å². The molecule has 170 valence electrons. The molecule has 34 heavy (non-hydrogen) atoms. The molecule has 0 unspecified atom stereocenters. The van der Waals surface area contributed by atoms with Crippen molar-refractivity contribution in [3.8, 4) is 5.75 Å². The standard InChI is InChI=1S/C29H26N2O3/c32-28(30-25-14-6-2-7-15-25)20-24-13-10-16-26(19-24)31(21-23-11-4-1-5-12-23)29(33)22-34-27-17-8-3-9-18-27/h1-19H,20-22H2,(H,30,32). The van der Waals surface area contributed by atoms with E-state index in [0.717, 1.165) is 22.5 Å². The number of nitrogens with zero attached hydrogens (tertiary/aromatic N) is 1. The summed E-state index contributed by atoms with van der Waals surface area (Å²) in [7, 11) is 0. The first-order chi connectivity index (χ1) is 16.7. The van der Waals surface area contributed by atoms with E-state index in [4.69, 9.17) is 4.74 Å². The summed E-state index contributed by atoms with van der Waals surface area (Å²) >= 11 is 0. The topological polar surface area (TPSA) is 58.6 Å². The minimum absolute atomic E-state index is 0.0877. The van der Waals surface area contributed by atoms with Gasteiger partial charge in [0.1, 0.15) is 5.75 Å². The summed E-state index contributed by atoms with van der Waals surface area (Å²) in [4.78, 5) is 27.4. The van der Waals surface area contributed by atoms with Gasteiger partial charge >= 0.3 is 0 Å². The van der Waals surface area contributed by atoms with Gasteiger partial charge in [-0.15, -0.1) is 0 Å². The third kappa shape index (κ3) is 6.56. The summed E-state index contributed by atoms with van der Waals surface area (Å²) in [6, 6.07) is 35.9. The maximum absolute atomic E-state index is 13.2. The summed E-state index contributed by atoms with van der Waals surface area (Å²) in [5.41, 5.74) is 3.29. The molecular weight excluding hydrogens is 424 g/mol. The highest BCUT2D eigenvalue weighted by Gasteiger charge is 2.18. The van der Waals surface area contributed by atoms with E-state index in [-0.39, 0.29) is 24.8 Å². The zero-order chi connectivity index (χ0) is 23.6. The van der Waals surface area contributed by atoms with Crippen molar-refractivity contribution in [3.63, 3.8) is 0 Å². The van der Waals surface area contributed by atoms with Gasteiger partial charge in [-0.25, -0.2) is 0 Å². The van der Waals surface area contributed by atoms with Gasteiger partial charge in [-0.3, -0.25) is 9.59 Å². The zero-order valence-electron chi connectivity index (χ0n) is 18.8. The van der Waals surface area contributed by atoms with Gasteiger partial charge in [0.25, 0.3) is 5.91 Å². The molecule has 0 radical (unpaired) electrons. The van der Waals surface area contributed by atoms with Crippen LogP contribution in [0.1, 0.15) is 11.1 Å². The van der Waals surface area contributed by atoms with Crippen LogP contribution >= 0.6 is 0 Å². The van der Waals surface area contributed by atoms with Gasteiger partial charge in [-0.1, -0.05) is 78.9 Å². The van der Waals surface area contributed by atoms with Crippen LogP contribution in [0.2, 0.25) is 0 Å². The number of hydrogen-bond acceptors (Lipinski definition) is 3. The van der Waals surface area contributed by atoms with Crippen molar-refractivity contribution in [3.05, 3.63) is 126 Å². The second kappa shape index (κ2) is 11.5. The number of carbonyl (C=O) groups excluding carboxylic acids is 2. The van der Waals surface area contributed by atoms with Crippen LogP contribution in [0.3, 0.4) is 0 Å². The van der Waals surface area contributed by atoms with Gasteiger partial charge in [-0.05, 0) is 47.5 Å². The summed E-state index contributed by atoms with van der Waals surface area (Å²) < 4.78 is 5.71. The fraction of sp³-hybridized carbons (Fsp3) is 0.103. The highest BCUT2D eigenvalue weighted by Crippen LogP contribution is 2.21. The predicted octanol–water partition coefficient (Wildman–Crippen LogP) is 5.48. The van der Waals surface area contributed by atoms with Gasteiger partial charge in [0, 0.05) is 11.4 Å². The Hall–Kier alpha value is -4.38.